The predicted octanol–water partition coefficient (Wildman–Crippen LogP) is 3.46. The van der Waals surface area contributed by atoms with E-state index in [0.717, 1.165) is 16.9 Å². The molecular weight excluding hydrogens is 382 g/mol. The van der Waals surface area contributed by atoms with Gasteiger partial charge >= 0.3 is 0 Å². The molecule has 0 unspecified atom stereocenters. The second kappa shape index (κ2) is 8.20. The van der Waals surface area contributed by atoms with Crippen LogP contribution in [0.15, 0.2) is 64.5 Å². The van der Waals surface area contributed by atoms with Gasteiger partial charge in [-0.25, -0.2) is 4.68 Å². The van der Waals surface area contributed by atoms with Crippen molar-refractivity contribution in [2.45, 2.75) is 6.92 Å². The van der Waals surface area contributed by atoms with E-state index in [4.69, 9.17) is 23.8 Å². The van der Waals surface area contributed by atoms with Gasteiger partial charge in [-0.05, 0) is 37.3 Å². The third-order valence-electron chi connectivity index (χ3n) is 4.07. The van der Waals surface area contributed by atoms with Crippen molar-refractivity contribution in [2.75, 3.05) is 5.32 Å². The third-order valence-corrected chi connectivity index (χ3v) is 4.61. The first kappa shape index (κ1) is 18.9. The SMILES string of the molecule is Cc1c(NC(=S)N/N=C/c2ccccc2Cl)c(=O)n(-c2ccccc2)n1C. The summed E-state index contributed by atoms with van der Waals surface area (Å²) >= 11 is 11.3. The Hall–Kier alpha value is -2.90. The zero-order valence-electron chi connectivity index (χ0n) is 14.8. The molecule has 2 N–H and O–H groups in total. The first-order chi connectivity index (χ1) is 13.0. The van der Waals surface area contributed by atoms with Crippen molar-refractivity contribution in [2.24, 2.45) is 12.1 Å². The van der Waals surface area contributed by atoms with Gasteiger partial charge in [0.15, 0.2) is 5.11 Å². The van der Waals surface area contributed by atoms with E-state index in [2.05, 4.69) is 15.8 Å². The van der Waals surface area contributed by atoms with E-state index in [9.17, 15) is 4.79 Å². The van der Waals surface area contributed by atoms with Gasteiger partial charge in [-0.2, -0.15) is 5.10 Å². The minimum atomic E-state index is -0.194. The highest BCUT2D eigenvalue weighted by Crippen LogP contribution is 2.14. The first-order valence-corrected chi connectivity index (χ1v) is 8.96. The molecule has 27 heavy (non-hydrogen) atoms. The zero-order valence-corrected chi connectivity index (χ0v) is 16.4. The monoisotopic (exact) mass is 399 g/mol. The summed E-state index contributed by atoms with van der Waals surface area (Å²) in [6, 6.07) is 16.7. The standard InChI is InChI=1S/C19H18ClN5OS/c1-13-17(18(26)25(24(13)2)15-9-4-3-5-10-15)22-19(27)23-21-12-14-8-6-7-11-16(14)20/h3-12H,1-2H3,(H2,22,23,27)/b21-12+. The Bertz CT molecular complexity index is 1060. The average Bonchev–Trinajstić information content (AvgIpc) is 2.87. The molecule has 2 aromatic carbocycles. The number of halogens is 1. The highest BCUT2D eigenvalue weighted by Gasteiger charge is 2.16. The highest BCUT2D eigenvalue weighted by molar-refractivity contribution is 7.80. The number of rotatable bonds is 4. The van der Waals surface area contributed by atoms with Gasteiger partial charge in [0.2, 0.25) is 0 Å². The largest absolute Gasteiger partial charge is 0.325 e. The Labute approximate surface area is 167 Å². The van der Waals surface area contributed by atoms with E-state index < -0.39 is 0 Å². The number of thiocarbonyl (C=S) groups is 1. The number of anilines is 1. The van der Waals surface area contributed by atoms with Crippen LogP contribution in [-0.2, 0) is 7.05 Å². The summed E-state index contributed by atoms with van der Waals surface area (Å²) in [5.41, 5.74) is 5.19. The fourth-order valence-corrected chi connectivity index (χ4v) is 2.93. The summed E-state index contributed by atoms with van der Waals surface area (Å²) < 4.78 is 3.35. The van der Waals surface area contributed by atoms with Gasteiger partial charge in [0.1, 0.15) is 5.69 Å². The van der Waals surface area contributed by atoms with E-state index in [0.29, 0.717) is 10.7 Å². The van der Waals surface area contributed by atoms with Crippen LogP contribution in [0.3, 0.4) is 0 Å². The Morgan fingerprint density at radius 2 is 1.81 bits per heavy atom. The molecule has 0 spiro atoms. The quantitative estimate of drug-likeness (QED) is 0.400. The number of nitrogens with one attached hydrogen (secondary N) is 2. The molecule has 6 nitrogen and oxygen atoms in total. The summed E-state index contributed by atoms with van der Waals surface area (Å²) in [7, 11) is 1.82. The predicted molar refractivity (Wildman–Crippen MR) is 114 cm³/mol. The van der Waals surface area contributed by atoms with Gasteiger partial charge in [-0.3, -0.25) is 14.9 Å². The van der Waals surface area contributed by atoms with Crippen LogP contribution in [0.2, 0.25) is 5.02 Å². The fraction of sp³-hybridized carbons (Fsp3) is 0.105. The van der Waals surface area contributed by atoms with Crippen LogP contribution >= 0.6 is 23.8 Å². The van der Waals surface area contributed by atoms with Crippen LogP contribution in [0.4, 0.5) is 5.69 Å². The van der Waals surface area contributed by atoms with Crippen LogP contribution in [0.25, 0.3) is 5.69 Å². The molecule has 0 atom stereocenters. The fourth-order valence-electron chi connectivity index (χ4n) is 2.59. The maximum absolute atomic E-state index is 12.8. The van der Waals surface area contributed by atoms with E-state index in [-0.39, 0.29) is 10.7 Å². The van der Waals surface area contributed by atoms with Gasteiger partial charge in [-0.15, -0.1) is 0 Å². The summed E-state index contributed by atoms with van der Waals surface area (Å²) in [6.07, 6.45) is 1.57. The number of hydrogen-bond acceptors (Lipinski definition) is 3. The van der Waals surface area contributed by atoms with Crippen LogP contribution in [0.5, 0.6) is 0 Å². The van der Waals surface area contributed by atoms with Gasteiger partial charge in [0, 0.05) is 17.6 Å². The van der Waals surface area contributed by atoms with Crippen molar-refractivity contribution in [1.82, 2.24) is 14.8 Å². The zero-order chi connectivity index (χ0) is 19.4. The molecule has 1 aromatic heterocycles. The summed E-state index contributed by atoms with van der Waals surface area (Å²) in [6.45, 7) is 1.85. The first-order valence-electron chi connectivity index (χ1n) is 8.17. The van der Waals surface area contributed by atoms with Crippen molar-refractivity contribution in [1.29, 1.82) is 0 Å². The van der Waals surface area contributed by atoms with Crippen molar-refractivity contribution in [3.8, 4) is 5.69 Å². The van der Waals surface area contributed by atoms with Crippen molar-refractivity contribution in [3.05, 3.63) is 81.2 Å². The van der Waals surface area contributed by atoms with Crippen molar-refractivity contribution >= 4 is 40.8 Å². The number of para-hydroxylation sites is 1. The molecule has 3 aromatic rings. The molecule has 0 saturated carbocycles. The number of hydrogen-bond donors (Lipinski definition) is 2. The molecule has 0 aliphatic rings. The number of hydrazone groups is 1. The molecule has 138 valence electrons. The number of aromatic nitrogens is 2. The van der Waals surface area contributed by atoms with Crippen LogP contribution < -0.4 is 16.3 Å². The van der Waals surface area contributed by atoms with E-state index in [1.54, 1.807) is 21.6 Å². The Kier molecular flexibility index (Phi) is 5.73. The molecule has 0 saturated heterocycles. The molecule has 0 bridgehead atoms. The lowest BCUT2D eigenvalue weighted by Gasteiger charge is -2.07. The lowest BCUT2D eigenvalue weighted by atomic mass is 10.2. The van der Waals surface area contributed by atoms with E-state index in [1.807, 2.05) is 62.5 Å². The third kappa shape index (κ3) is 4.10. The Morgan fingerprint density at radius 3 is 2.52 bits per heavy atom. The summed E-state index contributed by atoms with van der Waals surface area (Å²) in [5, 5.41) is 7.80. The maximum atomic E-state index is 12.8. The lowest BCUT2D eigenvalue weighted by Crippen LogP contribution is -2.28. The minimum Gasteiger partial charge on any atom is -0.325 e. The second-order valence-electron chi connectivity index (χ2n) is 5.78. The average molecular weight is 400 g/mol. The maximum Gasteiger partial charge on any atom is 0.295 e. The molecule has 0 fully saturated rings. The molecule has 1 heterocycles. The highest BCUT2D eigenvalue weighted by atomic mass is 35.5. The van der Waals surface area contributed by atoms with E-state index >= 15 is 0 Å². The Morgan fingerprint density at radius 1 is 1.15 bits per heavy atom. The lowest BCUT2D eigenvalue weighted by molar-refractivity contribution is 0.630. The molecule has 0 amide bonds. The molecular formula is C19H18ClN5OS. The second-order valence-corrected chi connectivity index (χ2v) is 6.60. The smallest absolute Gasteiger partial charge is 0.295 e. The van der Waals surface area contributed by atoms with Crippen molar-refractivity contribution < 1.29 is 0 Å². The summed E-state index contributed by atoms with van der Waals surface area (Å²) in [4.78, 5) is 12.8. The van der Waals surface area contributed by atoms with E-state index in [1.165, 1.54) is 0 Å². The van der Waals surface area contributed by atoms with Crippen LogP contribution in [-0.4, -0.2) is 20.7 Å². The van der Waals surface area contributed by atoms with Crippen LogP contribution in [0, 0.1) is 6.92 Å². The molecule has 0 aliphatic heterocycles. The number of nitrogens with zero attached hydrogens (tertiary/aromatic N) is 3. The molecule has 8 heteroatoms. The minimum absolute atomic E-state index is 0.194. The van der Waals surface area contributed by atoms with Crippen molar-refractivity contribution in [3.63, 3.8) is 0 Å². The Balaban J connectivity index is 1.77. The summed E-state index contributed by atoms with van der Waals surface area (Å²) in [5.74, 6) is 0. The topological polar surface area (TPSA) is 63.4 Å². The van der Waals surface area contributed by atoms with Gasteiger partial charge < -0.3 is 5.32 Å². The van der Waals surface area contributed by atoms with Gasteiger partial charge in [0.25, 0.3) is 5.56 Å². The van der Waals surface area contributed by atoms with Gasteiger partial charge in [0.05, 0.1) is 17.6 Å². The normalized spacial score (nSPS) is 10.9. The number of benzene rings is 2. The van der Waals surface area contributed by atoms with Crippen LogP contribution in [0.1, 0.15) is 11.3 Å². The molecule has 0 aliphatic carbocycles. The molecule has 3 rings (SSSR count). The van der Waals surface area contributed by atoms with Gasteiger partial charge in [-0.1, -0.05) is 48.0 Å². The molecule has 0 radical (unpaired) electrons.